The summed E-state index contributed by atoms with van der Waals surface area (Å²) in [5, 5.41) is 0.0473. The van der Waals surface area contributed by atoms with E-state index in [-0.39, 0.29) is 34.3 Å². The number of fused-ring (bicyclic) bond motifs is 2. The summed E-state index contributed by atoms with van der Waals surface area (Å²) >= 11 is 0. The Kier molecular flexibility index (Phi) is 7.11. The maximum atomic E-state index is 13.5. The lowest BCUT2D eigenvalue weighted by atomic mass is 10.1. The van der Waals surface area contributed by atoms with Crippen LogP contribution in [0.15, 0.2) is 71.8 Å². The monoisotopic (exact) mass is 575 g/mol. The second-order valence-corrected chi connectivity index (χ2v) is 17.1. The average Bonchev–Trinajstić information content (AvgIpc) is 3.64. The Bertz CT molecular complexity index is 1580. The first-order valence-corrected chi connectivity index (χ1v) is 16.9. The van der Waals surface area contributed by atoms with Crippen LogP contribution in [0.25, 0.3) is 11.2 Å². The van der Waals surface area contributed by atoms with E-state index in [4.69, 9.17) is 24.4 Å². The van der Waals surface area contributed by atoms with E-state index in [1.54, 1.807) is 10.9 Å². The second-order valence-electron chi connectivity index (χ2n) is 12.3. The molecule has 0 amide bonds. The van der Waals surface area contributed by atoms with Crippen molar-refractivity contribution in [3.8, 4) is 0 Å². The molecule has 216 valence electrons. The number of nitrogens with two attached hydrogens (primary N) is 1. The number of ether oxygens (including phenoxy) is 3. The van der Waals surface area contributed by atoms with Gasteiger partial charge in [-0.15, -0.1) is 0 Å². The summed E-state index contributed by atoms with van der Waals surface area (Å²) in [6, 6.07) is 19.5. The number of aromatic nitrogens is 4. The highest BCUT2D eigenvalue weighted by Crippen LogP contribution is 2.45. The van der Waals surface area contributed by atoms with E-state index < -0.39 is 26.9 Å². The topological polar surface area (TPSA) is 116 Å². The van der Waals surface area contributed by atoms with Gasteiger partial charge in [0.05, 0.1) is 19.5 Å². The number of nitrogens with zero attached hydrogens (tertiary/aromatic N) is 4. The van der Waals surface area contributed by atoms with Gasteiger partial charge < -0.3 is 24.4 Å². The molecule has 2 aromatic carbocycles. The minimum atomic E-state index is -2.05. The third-order valence-corrected chi connectivity index (χ3v) is 13.0. The highest BCUT2D eigenvalue weighted by Gasteiger charge is 2.54. The standard InChI is InChI=1S/C30H37N5O5Si/c1-30(2,3)41(4,5)37-17-21-23-24(40-28(39-23)20-14-10-7-11-15-20)27(38-21)35-18-32-22-25(35)33-29(31)34(26(22)36)16-19-12-8-6-9-13-19/h6-15,18,21,23-24,27-28H,16-17H2,1-5H3,(H2,31,33)/t21-,23-,24-,27-,28?/m1/s1. The molecule has 2 aliphatic rings. The maximum Gasteiger partial charge on any atom is 0.283 e. The summed E-state index contributed by atoms with van der Waals surface area (Å²) in [6.07, 6.45) is -0.861. The Labute approximate surface area is 240 Å². The molecule has 10 nitrogen and oxygen atoms in total. The van der Waals surface area contributed by atoms with Crippen molar-refractivity contribution >= 4 is 25.4 Å². The minimum absolute atomic E-state index is 0.0473. The third kappa shape index (κ3) is 5.13. The zero-order chi connectivity index (χ0) is 28.9. The fourth-order valence-corrected chi connectivity index (χ4v) is 6.10. The van der Waals surface area contributed by atoms with Gasteiger partial charge >= 0.3 is 0 Å². The van der Waals surface area contributed by atoms with E-state index in [9.17, 15) is 4.79 Å². The van der Waals surface area contributed by atoms with Gasteiger partial charge in [0.25, 0.3) is 5.56 Å². The number of hydrogen-bond donors (Lipinski definition) is 1. The SMILES string of the molecule is CC(C)(C)[Si](C)(C)OC[C@H]1O[C@@H](n2cnc3c(=O)n(Cc4ccccc4)c(N)nc32)[C@@H]2OC(c3ccccc3)O[C@@H]21. The van der Waals surface area contributed by atoms with Crippen LogP contribution in [0.5, 0.6) is 0 Å². The van der Waals surface area contributed by atoms with Crippen molar-refractivity contribution in [3.63, 3.8) is 0 Å². The fraction of sp³-hybridized carbons (Fsp3) is 0.433. The van der Waals surface area contributed by atoms with Crippen LogP contribution in [0, 0.1) is 0 Å². The summed E-state index contributed by atoms with van der Waals surface area (Å²) in [6.45, 7) is 11.7. The summed E-state index contributed by atoms with van der Waals surface area (Å²) < 4.78 is 29.2. The predicted octanol–water partition coefficient (Wildman–Crippen LogP) is 4.63. The van der Waals surface area contributed by atoms with Crippen molar-refractivity contribution in [2.75, 3.05) is 12.3 Å². The molecular formula is C30H37N5O5Si. The van der Waals surface area contributed by atoms with Crippen molar-refractivity contribution in [3.05, 3.63) is 88.5 Å². The first kappa shape index (κ1) is 27.8. The summed E-state index contributed by atoms with van der Waals surface area (Å²) in [5.41, 5.74) is 8.44. The molecule has 0 radical (unpaired) electrons. The lowest BCUT2D eigenvalue weighted by Gasteiger charge is -2.37. The normalized spacial score (nSPS) is 24.7. The molecule has 0 aliphatic carbocycles. The van der Waals surface area contributed by atoms with Crippen molar-refractivity contribution in [2.24, 2.45) is 0 Å². The number of hydrogen-bond acceptors (Lipinski definition) is 8. The molecule has 0 spiro atoms. The van der Waals surface area contributed by atoms with E-state index in [0.29, 0.717) is 18.8 Å². The van der Waals surface area contributed by atoms with Crippen LogP contribution in [0.1, 0.15) is 44.4 Å². The zero-order valence-electron chi connectivity index (χ0n) is 24.1. The first-order chi connectivity index (χ1) is 19.5. The van der Waals surface area contributed by atoms with Gasteiger partial charge in [-0.1, -0.05) is 81.4 Å². The number of benzene rings is 2. The van der Waals surface area contributed by atoms with Crippen LogP contribution in [0.3, 0.4) is 0 Å². The Morgan fingerprint density at radius 1 is 0.976 bits per heavy atom. The highest BCUT2D eigenvalue weighted by atomic mass is 28.4. The van der Waals surface area contributed by atoms with Crippen molar-refractivity contribution in [1.82, 2.24) is 19.1 Å². The van der Waals surface area contributed by atoms with Gasteiger partial charge in [-0.25, -0.2) is 4.98 Å². The molecule has 41 heavy (non-hydrogen) atoms. The van der Waals surface area contributed by atoms with Crippen molar-refractivity contribution in [1.29, 1.82) is 0 Å². The minimum Gasteiger partial charge on any atom is -0.414 e. The van der Waals surface area contributed by atoms with Gasteiger partial charge in [0, 0.05) is 5.56 Å². The second kappa shape index (κ2) is 10.5. The lowest BCUT2D eigenvalue weighted by Crippen LogP contribution is -2.44. The number of anilines is 1. The first-order valence-electron chi connectivity index (χ1n) is 14.0. The van der Waals surface area contributed by atoms with Gasteiger partial charge in [0.15, 0.2) is 32.0 Å². The molecule has 6 rings (SSSR count). The van der Waals surface area contributed by atoms with Crippen LogP contribution in [0.2, 0.25) is 18.1 Å². The molecular weight excluding hydrogens is 538 g/mol. The lowest BCUT2D eigenvalue weighted by molar-refractivity contribution is -0.152. The van der Waals surface area contributed by atoms with Crippen molar-refractivity contribution in [2.45, 2.75) is 76.3 Å². The summed E-state index contributed by atoms with van der Waals surface area (Å²) in [4.78, 5) is 22.5. The molecule has 0 saturated carbocycles. The van der Waals surface area contributed by atoms with Gasteiger partial charge in [-0.2, -0.15) is 4.98 Å². The van der Waals surface area contributed by atoms with E-state index in [1.807, 2.05) is 60.7 Å². The molecule has 2 N–H and O–H groups in total. The van der Waals surface area contributed by atoms with Crippen LogP contribution < -0.4 is 11.3 Å². The van der Waals surface area contributed by atoms with Gasteiger partial charge in [-0.05, 0) is 23.7 Å². The molecule has 2 aromatic heterocycles. The molecule has 2 saturated heterocycles. The molecule has 0 bridgehead atoms. The smallest absolute Gasteiger partial charge is 0.283 e. The number of nitrogen functional groups attached to an aromatic ring is 1. The molecule has 1 unspecified atom stereocenters. The maximum absolute atomic E-state index is 13.5. The van der Waals surface area contributed by atoms with Gasteiger partial charge in [0.1, 0.15) is 18.3 Å². The van der Waals surface area contributed by atoms with Crippen LogP contribution in [0.4, 0.5) is 5.95 Å². The van der Waals surface area contributed by atoms with E-state index in [1.165, 1.54) is 4.57 Å². The van der Waals surface area contributed by atoms with Crippen molar-refractivity contribution < 1.29 is 18.6 Å². The van der Waals surface area contributed by atoms with Crippen LogP contribution in [-0.2, 0) is 25.2 Å². The van der Waals surface area contributed by atoms with Crippen LogP contribution in [-0.4, -0.2) is 52.3 Å². The van der Waals surface area contributed by atoms with Gasteiger partial charge in [0.2, 0.25) is 5.95 Å². The number of imidazole rings is 1. The molecule has 2 fully saturated rings. The zero-order valence-corrected chi connectivity index (χ0v) is 25.1. The van der Waals surface area contributed by atoms with Crippen LogP contribution >= 0.6 is 0 Å². The van der Waals surface area contributed by atoms with E-state index in [2.05, 4.69) is 43.8 Å². The Hall–Kier alpha value is -3.35. The van der Waals surface area contributed by atoms with Gasteiger partial charge in [-0.3, -0.25) is 13.9 Å². The average molecular weight is 576 g/mol. The molecule has 5 atom stereocenters. The molecule has 4 aromatic rings. The predicted molar refractivity (Wildman–Crippen MR) is 158 cm³/mol. The molecule has 11 heteroatoms. The fourth-order valence-electron chi connectivity index (χ4n) is 5.09. The number of rotatable bonds is 7. The summed E-state index contributed by atoms with van der Waals surface area (Å²) in [5.74, 6) is 0.103. The largest absolute Gasteiger partial charge is 0.414 e. The third-order valence-electron chi connectivity index (χ3n) is 8.50. The quantitative estimate of drug-likeness (QED) is 0.317. The van der Waals surface area contributed by atoms with E-state index >= 15 is 0 Å². The molecule has 4 heterocycles. The highest BCUT2D eigenvalue weighted by molar-refractivity contribution is 6.74. The van der Waals surface area contributed by atoms with E-state index in [0.717, 1.165) is 11.1 Å². The Morgan fingerprint density at radius 3 is 2.32 bits per heavy atom. The molecule has 2 aliphatic heterocycles. The Morgan fingerprint density at radius 2 is 1.63 bits per heavy atom. The Balaban J connectivity index is 1.33. The summed E-state index contributed by atoms with van der Waals surface area (Å²) in [7, 11) is -2.05.